The van der Waals surface area contributed by atoms with Crippen LogP contribution in [0.2, 0.25) is 0 Å². The normalized spacial score (nSPS) is 13.4. The molecule has 0 aliphatic rings. The smallest absolute Gasteiger partial charge is 0.408 e. The van der Waals surface area contributed by atoms with Crippen molar-refractivity contribution in [3.63, 3.8) is 0 Å². The predicted octanol–water partition coefficient (Wildman–Crippen LogP) is 2.45. The lowest BCUT2D eigenvalue weighted by Gasteiger charge is -2.26. The lowest BCUT2D eigenvalue weighted by Crippen LogP contribution is -2.46. The molecule has 0 heterocycles. The molecule has 0 bridgehead atoms. The number of amides is 1. The number of carbonyl (C=O) groups excluding carboxylic acids is 2. The van der Waals surface area contributed by atoms with Crippen LogP contribution in [0.5, 0.6) is 0 Å². The van der Waals surface area contributed by atoms with E-state index in [-0.39, 0.29) is 22.4 Å². The minimum Gasteiger partial charge on any atom is -0.480 e. The monoisotopic (exact) mass is 402 g/mol. The fourth-order valence-electron chi connectivity index (χ4n) is 2.36. The number of methoxy groups -OCH3 is 1. The summed E-state index contributed by atoms with van der Waals surface area (Å²) in [6.07, 6.45) is -0.975. The molecule has 0 saturated carbocycles. The van der Waals surface area contributed by atoms with Crippen molar-refractivity contribution in [2.75, 3.05) is 12.8 Å². The summed E-state index contributed by atoms with van der Waals surface area (Å²) in [5, 5.41) is 10.4. The molecule has 0 aliphatic carbocycles. The third kappa shape index (κ3) is 5.49. The highest BCUT2D eigenvalue weighted by molar-refractivity contribution is 7.80. The Morgan fingerprint density at radius 1 is 1.33 bits per heavy atom. The average Bonchev–Trinajstić information content (AvgIpc) is 2.53. The molecule has 0 aliphatic heterocycles. The van der Waals surface area contributed by atoms with Gasteiger partial charge in [-0.15, -0.1) is 0 Å². The molecule has 1 aromatic carbocycles. The van der Waals surface area contributed by atoms with Gasteiger partial charge in [-0.25, -0.2) is 18.8 Å². The Kier molecular flexibility index (Phi) is 7.07. The third-order valence-electron chi connectivity index (χ3n) is 3.54. The van der Waals surface area contributed by atoms with E-state index < -0.39 is 40.7 Å². The van der Waals surface area contributed by atoms with Gasteiger partial charge in [0.1, 0.15) is 17.5 Å². The number of alkyl carbamates (subject to hydrolysis) is 1. The number of hydrogen-bond acceptors (Lipinski definition) is 7. The molecule has 1 amide bonds. The number of carbonyl (C=O) groups is 3. The maximum Gasteiger partial charge on any atom is 0.408 e. The van der Waals surface area contributed by atoms with Gasteiger partial charge in [-0.3, -0.25) is 0 Å². The van der Waals surface area contributed by atoms with Gasteiger partial charge in [0.2, 0.25) is 0 Å². The number of carboxylic acid groups (broad SMARTS) is 1. The number of anilines is 1. The van der Waals surface area contributed by atoms with Gasteiger partial charge >= 0.3 is 18.0 Å². The van der Waals surface area contributed by atoms with Gasteiger partial charge < -0.3 is 25.6 Å². The summed E-state index contributed by atoms with van der Waals surface area (Å²) in [5.74, 6) is -3.25. The first kappa shape index (κ1) is 22.6. The maximum atomic E-state index is 14.5. The van der Waals surface area contributed by atoms with Crippen LogP contribution in [-0.4, -0.2) is 41.9 Å². The highest BCUT2D eigenvalue weighted by Crippen LogP contribution is 2.35. The minimum atomic E-state index is -1.56. The molecule has 0 aromatic heterocycles. The van der Waals surface area contributed by atoms with Crippen LogP contribution < -0.4 is 11.1 Å². The quantitative estimate of drug-likeness (QED) is 0.338. The second-order valence-electron chi connectivity index (χ2n) is 6.76. The predicted molar refractivity (Wildman–Crippen MR) is 99.4 cm³/mol. The third-order valence-corrected chi connectivity index (χ3v) is 4.09. The molecule has 0 fully saturated rings. The number of thiol groups is 1. The number of esters is 1. The number of ether oxygens (including phenoxy) is 2. The molecule has 10 heteroatoms. The first-order valence-corrected chi connectivity index (χ1v) is 8.39. The van der Waals surface area contributed by atoms with E-state index in [1.165, 1.54) is 6.92 Å². The van der Waals surface area contributed by atoms with Gasteiger partial charge in [-0.2, -0.15) is 12.6 Å². The molecule has 1 unspecified atom stereocenters. The zero-order valence-corrected chi connectivity index (χ0v) is 16.5. The lowest BCUT2D eigenvalue weighted by atomic mass is 9.95. The van der Waals surface area contributed by atoms with Crippen LogP contribution in [0.3, 0.4) is 0 Å². The molecule has 1 rings (SSSR count). The van der Waals surface area contributed by atoms with Gasteiger partial charge in [-0.05, 0) is 44.9 Å². The van der Waals surface area contributed by atoms with Crippen molar-refractivity contribution >= 4 is 36.3 Å². The first-order valence-electron chi connectivity index (χ1n) is 7.87. The molecule has 4 N–H and O–H groups in total. The molecule has 1 aromatic rings. The van der Waals surface area contributed by atoms with E-state index in [1.807, 2.05) is 0 Å². The van der Waals surface area contributed by atoms with Crippen LogP contribution in [-0.2, 0) is 14.3 Å². The summed E-state index contributed by atoms with van der Waals surface area (Å²) in [4.78, 5) is 35.2. The van der Waals surface area contributed by atoms with E-state index in [0.29, 0.717) is 0 Å². The van der Waals surface area contributed by atoms with Crippen LogP contribution in [0.15, 0.2) is 6.07 Å². The van der Waals surface area contributed by atoms with Crippen molar-refractivity contribution in [3.8, 4) is 0 Å². The van der Waals surface area contributed by atoms with Crippen LogP contribution in [0.4, 0.5) is 14.9 Å². The van der Waals surface area contributed by atoms with Gasteiger partial charge in [0, 0.05) is 5.69 Å². The van der Waals surface area contributed by atoms with E-state index >= 15 is 0 Å². The number of nitrogens with one attached hydrogen (secondary N) is 1. The fourth-order valence-corrected chi connectivity index (χ4v) is 2.91. The van der Waals surface area contributed by atoms with Crippen molar-refractivity contribution in [3.05, 3.63) is 28.6 Å². The van der Waals surface area contributed by atoms with Crippen molar-refractivity contribution in [1.29, 1.82) is 0 Å². The Morgan fingerprint density at radius 2 is 1.89 bits per heavy atom. The summed E-state index contributed by atoms with van der Waals surface area (Å²) < 4.78 is 24.1. The summed E-state index contributed by atoms with van der Waals surface area (Å²) in [6.45, 7) is 6.17. The zero-order chi connectivity index (χ0) is 21.1. The number of aliphatic carboxylic acids is 1. The minimum absolute atomic E-state index is 0.0342. The van der Waals surface area contributed by atoms with E-state index in [1.54, 1.807) is 20.8 Å². The van der Waals surface area contributed by atoms with Crippen LogP contribution in [0, 0.1) is 12.7 Å². The average molecular weight is 402 g/mol. The van der Waals surface area contributed by atoms with Crippen LogP contribution in [0.1, 0.15) is 47.5 Å². The summed E-state index contributed by atoms with van der Waals surface area (Å²) in [6, 6.07) is -0.522. The second kappa shape index (κ2) is 8.47. The van der Waals surface area contributed by atoms with E-state index in [9.17, 15) is 23.9 Å². The van der Waals surface area contributed by atoms with Crippen molar-refractivity contribution in [1.82, 2.24) is 5.32 Å². The molecule has 0 saturated heterocycles. The van der Waals surface area contributed by atoms with Crippen LogP contribution >= 0.6 is 12.6 Å². The highest BCUT2D eigenvalue weighted by Gasteiger charge is 2.34. The Labute approximate surface area is 161 Å². The van der Waals surface area contributed by atoms with Crippen molar-refractivity contribution in [2.45, 2.75) is 44.6 Å². The number of rotatable bonds is 5. The van der Waals surface area contributed by atoms with Gasteiger partial charge in [0.25, 0.3) is 0 Å². The van der Waals surface area contributed by atoms with E-state index in [0.717, 1.165) is 13.2 Å². The number of carboxylic acids is 1. The molecule has 0 radical (unpaired) electrons. The van der Waals surface area contributed by atoms with Gasteiger partial charge in [0.15, 0.2) is 0 Å². The first-order chi connectivity index (χ1) is 12.3. The highest BCUT2D eigenvalue weighted by atomic mass is 32.1. The summed E-state index contributed by atoms with van der Waals surface area (Å²) in [5.41, 5.74) is 4.56. The largest absolute Gasteiger partial charge is 0.480 e. The standard InChI is InChI=1S/C17H23FN2O6S/c1-7-10(9(19)6-8(11(7)18)15(23)25-5)13(27)12(14(21)22)20-16(24)26-17(2,3)4/h6,12-13,27H,19H2,1-5H3,(H,20,24)(H,21,22)/t12-,13?/m0/s1. The molecular weight excluding hydrogens is 379 g/mol. The molecule has 8 nitrogen and oxygen atoms in total. The number of nitrogens with two attached hydrogens (primary N) is 1. The second-order valence-corrected chi connectivity index (χ2v) is 7.32. The van der Waals surface area contributed by atoms with Gasteiger partial charge in [0.05, 0.1) is 17.9 Å². The molecule has 0 spiro atoms. The Bertz CT molecular complexity index is 763. The molecular formula is C17H23FN2O6S. The van der Waals surface area contributed by atoms with Crippen molar-refractivity contribution < 1.29 is 33.4 Å². The maximum absolute atomic E-state index is 14.5. The lowest BCUT2D eigenvalue weighted by molar-refractivity contribution is -0.139. The van der Waals surface area contributed by atoms with Gasteiger partial charge in [-0.1, -0.05) is 0 Å². The number of hydrogen-bond donors (Lipinski definition) is 4. The Morgan fingerprint density at radius 3 is 2.33 bits per heavy atom. The SMILES string of the molecule is COC(=O)c1cc(N)c(C(S)[C@H](NC(=O)OC(C)(C)C)C(=O)O)c(C)c1F. The molecule has 150 valence electrons. The van der Waals surface area contributed by atoms with E-state index in [4.69, 9.17) is 10.5 Å². The molecule has 2 atom stereocenters. The topological polar surface area (TPSA) is 128 Å². The Balaban J connectivity index is 3.29. The zero-order valence-electron chi connectivity index (χ0n) is 15.6. The number of benzene rings is 1. The van der Waals surface area contributed by atoms with Crippen molar-refractivity contribution in [2.24, 2.45) is 0 Å². The Hall–Kier alpha value is -2.49. The fraction of sp³-hybridized carbons (Fsp3) is 0.471. The number of halogens is 1. The summed E-state index contributed by atoms with van der Waals surface area (Å²) in [7, 11) is 1.09. The number of nitrogen functional groups attached to an aromatic ring is 1. The molecule has 27 heavy (non-hydrogen) atoms. The van der Waals surface area contributed by atoms with Crippen LogP contribution in [0.25, 0.3) is 0 Å². The van der Waals surface area contributed by atoms with E-state index in [2.05, 4.69) is 22.7 Å². The summed E-state index contributed by atoms with van der Waals surface area (Å²) >= 11 is 4.22.